The Morgan fingerprint density at radius 3 is 2.42 bits per heavy atom. The number of nitrogens with one attached hydrogen (secondary N) is 2. The average molecular weight is 484 g/mol. The van der Waals surface area contributed by atoms with E-state index in [9.17, 15) is 19.7 Å². The van der Waals surface area contributed by atoms with Crippen molar-refractivity contribution in [2.45, 2.75) is 0 Å². The minimum atomic E-state index is -0.642. The molecule has 0 aliphatic carbocycles. The maximum absolute atomic E-state index is 12.8. The van der Waals surface area contributed by atoms with Gasteiger partial charge >= 0.3 is 0 Å². The van der Waals surface area contributed by atoms with Crippen LogP contribution in [0, 0.1) is 10.1 Å². The summed E-state index contributed by atoms with van der Waals surface area (Å²) in [6.45, 7) is 0.114. The molecule has 4 rings (SSSR count). The molecule has 1 aliphatic heterocycles. The molecule has 10 nitrogen and oxygen atoms in total. The second-order valence-corrected chi connectivity index (χ2v) is 7.42. The second-order valence-electron chi connectivity index (χ2n) is 7.42. The number of carbonyl (C=O) groups excluding carboxylic acids is 2. The maximum atomic E-state index is 12.8. The number of carbonyl (C=O) groups is 2. The molecule has 0 radical (unpaired) electrons. The molecule has 0 bridgehead atoms. The van der Waals surface area contributed by atoms with Gasteiger partial charge in [-0.3, -0.25) is 19.7 Å². The SMILES string of the molecule is O=C(N/N=C/C=C/c1ccc([N+](=O)[O-])cc1)/C(=C/c1ccc2c(c1)OCO2)NC(=O)c1ccccc1. The van der Waals surface area contributed by atoms with Crippen LogP contribution in [0.2, 0.25) is 0 Å². The molecular weight excluding hydrogens is 464 g/mol. The Bertz CT molecular complexity index is 1360. The van der Waals surface area contributed by atoms with Crippen LogP contribution in [0.15, 0.2) is 89.7 Å². The zero-order valence-electron chi connectivity index (χ0n) is 18.8. The number of hydrogen-bond acceptors (Lipinski definition) is 7. The van der Waals surface area contributed by atoms with Crippen LogP contribution in [-0.2, 0) is 4.79 Å². The standard InChI is InChI=1S/C26H20N4O6/c31-25(20-6-2-1-3-7-20)28-22(15-19-10-13-23-24(16-19)36-17-35-23)26(32)29-27-14-4-5-18-8-11-21(12-9-18)30(33)34/h1-16H,17H2,(H,28,31)(H,29,32)/b5-4+,22-15-,27-14+. The Morgan fingerprint density at radius 2 is 1.67 bits per heavy atom. The quantitative estimate of drug-likeness (QED) is 0.216. The predicted octanol–water partition coefficient (Wildman–Crippen LogP) is 3.91. The van der Waals surface area contributed by atoms with Crippen LogP contribution in [0.1, 0.15) is 21.5 Å². The molecule has 2 N–H and O–H groups in total. The van der Waals surface area contributed by atoms with Crippen molar-refractivity contribution in [3.05, 3.63) is 111 Å². The van der Waals surface area contributed by atoms with E-state index in [4.69, 9.17) is 9.47 Å². The van der Waals surface area contributed by atoms with E-state index in [1.54, 1.807) is 72.8 Å². The molecule has 0 spiro atoms. The van der Waals surface area contributed by atoms with E-state index >= 15 is 0 Å². The van der Waals surface area contributed by atoms with Gasteiger partial charge in [-0.25, -0.2) is 5.43 Å². The fraction of sp³-hybridized carbons (Fsp3) is 0.0385. The lowest BCUT2D eigenvalue weighted by molar-refractivity contribution is -0.384. The van der Waals surface area contributed by atoms with Gasteiger partial charge in [-0.1, -0.05) is 30.3 Å². The minimum Gasteiger partial charge on any atom is -0.454 e. The van der Waals surface area contributed by atoms with Gasteiger partial charge in [-0.15, -0.1) is 0 Å². The summed E-state index contributed by atoms with van der Waals surface area (Å²) in [5.41, 5.74) is 4.05. The van der Waals surface area contributed by atoms with E-state index in [0.29, 0.717) is 22.6 Å². The molecule has 180 valence electrons. The topological polar surface area (TPSA) is 132 Å². The van der Waals surface area contributed by atoms with Crippen LogP contribution in [0.25, 0.3) is 12.2 Å². The highest BCUT2D eigenvalue weighted by Gasteiger charge is 2.16. The summed E-state index contributed by atoms with van der Waals surface area (Å²) in [5.74, 6) is 0.0277. The van der Waals surface area contributed by atoms with Crippen molar-refractivity contribution < 1.29 is 24.0 Å². The van der Waals surface area contributed by atoms with Gasteiger partial charge in [0.05, 0.1) is 4.92 Å². The third-order valence-corrected chi connectivity index (χ3v) is 4.96. The highest BCUT2D eigenvalue weighted by atomic mass is 16.7. The number of hydrogen-bond donors (Lipinski definition) is 2. The molecular formula is C26H20N4O6. The minimum absolute atomic E-state index is 0.00703. The number of hydrazone groups is 1. The smallest absolute Gasteiger partial charge is 0.287 e. The first kappa shape index (κ1) is 23.9. The summed E-state index contributed by atoms with van der Waals surface area (Å²) in [6, 6.07) is 19.6. The monoisotopic (exact) mass is 484 g/mol. The number of nitro groups is 1. The molecule has 1 aliphatic rings. The first-order valence-corrected chi connectivity index (χ1v) is 10.7. The first-order chi connectivity index (χ1) is 17.5. The van der Waals surface area contributed by atoms with E-state index in [1.807, 2.05) is 0 Å². The van der Waals surface area contributed by atoms with Crippen LogP contribution < -0.4 is 20.2 Å². The second kappa shape index (κ2) is 11.3. The predicted molar refractivity (Wildman–Crippen MR) is 133 cm³/mol. The number of allylic oxidation sites excluding steroid dienone is 1. The van der Waals surface area contributed by atoms with Crippen molar-refractivity contribution in [3.63, 3.8) is 0 Å². The molecule has 0 unspecified atom stereocenters. The molecule has 10 heteroatoms. The summed E-state index contributed by atoms with van der Waals surface area (Å²) in [7, 11) is 0. The van der Waals surface area contributed by atoms with Crippen molar-refractivity contribution in [3.8, 4) is 11.5 Å². The number of benzene rings is 3. The molecule has 36 heavy (non-hydrogen) atoms. The Balaban J connectivity index is 1.46. The van der Waals surface area contributed by atoms with Crippen molar-refractivity contribution in [1.29, 1.82) is 0 Å². The maximum Gasteiger partial charge on any atom is 0.287 e. The number of ether oxygens (including phenoxy) is 2. The van der Waals surface area contributed by atoms with E-state index in [2.05, 4.69) is 15.8 Å². The van der Waals surface area contributed by atoms with Gasteiger partial charge in [-0.05, 0) is 59.7 Å². The van der Waals surface area contributed by atoms with Crippen molar-refractivity contribution in [2.24, 2.45) is 5.10 Å². The number of nitro benzene ring substituents is 1. The molecule has 0 aromatic heterocycles. The lowest BCUT2D eigenvalue weighted by Crippen LogP contribution is -2.32. The van der Waals surface area contributed by atoms with Crippen molar-refractivity contribution >= 4 is 35.9 Å². The lowest BCUT2D eigenvalue weighted by Gasteiger charge is -2.09. The molecule has 0 saturated carbocycles. The van der Waals surface area contributed by atoms with Crippen LogP contribution in [0.4, 0.5) is 5.69 Å². The summed E-state index contributed by atoms with van der Waals surface area (Å²) in [5, 5.41) is 17.2. The summed E-state index contributed by atoms with van der Waals surface area (Å²) >= 11 is 0. The number of fused-ring (bicyclic) bond motifs is 1. The molecule has 2 amide bonds. The number of rotatable bonds is 8. The van der Waals surface area contributed by atoms with Gasteiger partial charge in [0.15, 0.2) is 11.5 Å². The van der Waals surface area contributed by atoms with Crippen LogP contribution in [0.5, 0.6) is 11.5 Å². The van der Waals surface area contributed by atoms with Crippen LogP contribution >= 0.6 is 0 Å². The molecule has 1 heterocycles. The average Bonchev–Trinajstić information content (AvgIpc) is 3.36. The lowest BCUT2D eigenvalue weighted by atomic mass is 10.1. The van der Waals surface area contributed by atoms with Crippen molar-refractivity contribution in [1.82, 2.24) is 10.7 Å². The van der Waals surface area contributed by atoms with Gasteiger partial charge in [0, 0.05) is 23.9 Å². The van der Waals surface area contributed by atoms with E-state index < -0.39 is 16.7 Å². The Hall–Kier alpha value is -5.25. The van der Waals surface area contributed by atoms with Crippen molar-refractivity contribution in [2.75, 3.05) is 6.79 Å². The third kappa shape index (κ3) is 6.20. The van der Waals surface area contributed by atoms with Crippen LogP contribution in [-0.4, -0.2) is 29.7 Å². The van der Waals surface area contributed by atoms with Gasteiger partial charge in [0.1, 0.15) is 5.70 Å². The van der Waals surface area contributed by atoms with Gasteiger partial charge in [-0.2, -0.15) is 5.10 Å². The molecule has 0 fully saturated rings. The Morgan fingerprint density at radius 1 is 0.944 bits per heavy atom. The molecule has 0 atom stereocenters. The fourth-order valence-corrected chi connectivity index (χ4v) is 3.17. The normalized spacial score (nSPS) is 12.6. The van der Waals surface area contributed by atoms with E-state index in [1.165, 1.54) is 24.4 Å². The fourth-order valence-electron chi connectivity index (χ4n) is 3.17. The van der Waals surface area contributed by atoms with Gasteiger partial charge in [0.25, 0.3) is 17.5 Å². The third-order valence-electron chi connectivity index (χ3n) is 4.96. The number of non-ortho nitro benzene ring substituents is 1. The zero-order chi connectivity index (χ0) is 25.3. The number of amides is 2. The molecule has 3 aromatic rings. The van der Waals surface area contributed by atoms with E-state index in [0.717, 1.165) is 5.56 Å². The van der Waals surface area contributed by atoms with Gasteiger partial charge in [0.2, 0.25) is 6.79 Å². The van der Waals surface area contributed by atoms with Crippen LogP contribution in [0.3, 0.4) is 0 Å². The number of nitrogens with zero attached hydrogens (tertiary/aromatic N) is 2. The zero-order valence-corrected chi connectivity index (χ0v) is 18.8. The van der Waals surface area contributed by atoms with Gasteiger partial charge < -0.3 is 14.8 Å². The highest BCUT2D eigenvalue weighted by molar-refractivity contribution is 6.05. The summed E-state index contributed by atoms with van der Waals surface area (Å²) in [4.78, 5) is 35.7. The Kier molecular flexibility index (Phi) is 7.47. The summed E-state index contributed by atoms with van der Waals surface area (Å²) in [6.07, 6.45) is 6.07. The first-order valence-electron chi connectivity index (χ1n) is 10.7. The molecule has 3 aromatic carbocycles. The molecule has 0 saturated heterocycles. The van der Waals surface area contributed by atoms with E-state index in [-0.39, 0.29) is 18.2 Å². The highest BCUT2D eigenvalue weighted by Crippen LogP contribution is 2.33. The summed E-state index contributed by atoms with van der Waals surface area (Å²) < 4.78 is 10.7. The largest absolute Gasteiger partial charge is 0.454 e. The Labute approximate surface area is 205 Å².